The van der Waals surface area contributed by atoms with Gasteiger partial charge in [0.15, 0.2) is 0 Å². The highest BCUT2D eigenvalue weighted by atomic mass is 16.1. The van der Waals surface area contributed by atoms with Crippen molar-refractivity contribution < 1.29 is 9.59 Å². The van der Waals surface area contributed by atoms with Gasteiger partial charge in [-0.3, -0.25) is 9.59 Å². The molecular weight excluding hydrogens is 224 g/mol. The molecule has 0 fully saturated rings. The predicted octanol–water partition coefficient (Wildman–Crippen LogP) is 3.62. The summed E-state index contributed by atoms with van der Waals surface area (Å²) in [6.07, 6.45) is 1.67. The average molecular weight is 234 g/mol. The van der Waals surface area contributed by atoms with Gasteiger partial charge in [0.2, 0.25) is 0 Å². The molecule has 0 heterocycles. The van der Waals surface area contributed by atoms with E-state index in [-0.39, 0.29) is 0 Å². The minimum atomic E-state index is 0.645. The first-order valence-corrected chi connectivity index (χ1v) is 5.69. The van der Waals surface area contributed by atoms with E-state index in [1.54, 1.807) is 12.1 Å². The molecule has 0 bridgehead atoms. The van der Waals surface area contributed by atoms with Crippen molar-refractivity contribution in [3.05, 3.63) is 59.7 Å². The number of aldehydes is 2. The van der Waals surface area contributed by atoms with Crippen LogP contribution in [-0.4, -0.2) is 12.6 Å². The van der Waals surface area contributed by atoms with Gasteiger partial charge in [-0.2, -0.15) is 0 Å². The van der Waals surface area contributed by atoms with Gasteiger partial charge in [-0.1, -0.05) is 36.4 Å². The lowest BCUT2D eigenvalue weighted by Crippen LogP contribution is -1.84. The third kappa shape index (κ3) is 1.59. The van der Waals surface area contributed by atoms with E-state index < -0.39 is 0 Å². The van der Waals surface area contributed by atoms with Gasteiger partial charge in [0, 0.05) is 11.1 Å². The Morgan fingerprint density at radius 2 is 1.00 bits per heavy atom. The summed E-state index contributed by atoms with van der Waals surface area (Å²) in [5.41, 5.74) is 1.29. The van der Waals surface area contributed by atoms with E-state index in [1.807, 2.05) is 36.4 Å². The van der Waals surface area contributed by atoms with Crippen molar-refractivity contribution in [2.45, 2.75) is 0 Å². The molecule has 0 spiro atoms. The van der Waals surface area contributed by atoms with Crippen LogP contribution in [0.4, 0.5) is 0 Å². The third-order valence-corrected chi connectivity index (χ3v) is 3.16. The highest BCUT2D eigenvalue weighted by Crippen LogP contribution is 2.26. The van der Waals surface area contributed by atoms with Crippen LogP contribution in [0.1, 0.15) is 20.7 Å². The molecule has 2 heteroatoms. The maximum atomic E-state index is 10.9. The fourth-order valence-electron chi connectivity index (χ4n) is 2.23. The van der Waals surface area contributed by atoms with Gasteiger partial charge in [0.25, 0.3) is 0 Å². The topological polar surface area (TPSA) is 34.1 Å². The molecule has 0 radical (unpaired) electrons. The molecule has 2 nitrogen and oxygen atoms in total. The minimum absolute atomic E-state index is 0.645. The van der Waals surface area contributed by atoms with Crippen LogP contribution in [0, 0.1) is 0 Å². The van der Waals surface area contributed by atoms with E-state index in [0.29, 0.717) is 11.1 Å². The van der Waals surface area contributed by atoms with E-state index >= 15 is 0 Å². The van der Waals surface area contributed by atoms with Crippen molar-refractivity contribution in [1.82, 2.24) is 0 Å². The predicted molar refractivity (Wildman–Crippen MR) is 72.2 cm³/mol. The zero-order valence-corrected chi connectivity index (χ0v) is 9.59. The van der Waals surface area contributed by atoms with Crippen LogP contribution < -0.4 is 0 Å². The first kappa shape index (κ1) is 10.7. The summed E-state index contributed by atoms with van der Waals surface area (Å²) in [7, 11) is 0. The molecule has 18 heavy (non-hydrogen) atoms. The number of carbonyl (C=O) groups is 2. The quantitative estimate of drug-likeness (QED) is 0.501. The lowest BCUT2D eigenvalue weighted by Gasteiger charge is -2.05. The smallest absolute Gasteiger partial charge is 0.150 e. The molecule has 0 aliphatic heterocycles. The van der Waals surface area contributed by atoms with Gasteiger partial charge in [-0.25, -0.2) is 0 Å². The lowest BCUT2D eigenvalue weighted by molar-refractivity contribution is 0.111. The Kier molecular flexibility index (Phi) is 2.41. The van der Waals surface area contributed by atoms with Crippen LogP contribution in [0.15, 0.2) is 48.5 Å². The first-order chi connectivity index (χ1) is 8.81. The molecule has 3 rings (SSSR count). The molecule has 0 amide bonds. The number of rotatable bonds is 2. The van der Waals surface area contributed by atoms with Gasteiger partial charge >= 0.3 is 0 Å². The molecule has 3 aromatic rings. The second-order valence-electron chi connectivity index (χ2n) is 4.26. The Morgan fingerprint density at radius 1 is 0.611 bits per heavy atom. The number of carbonyl (C=O) groups excluding carboxylic acids is 2. The molecule has 0 unspecified atom stereocenters. The summed E-state index contributed by atoms with van der Waals surface area (Å²) in [5.74, 6) is 0. The summed E-state index contributed by atoms with van der Waals surface area (Å²) in [5, 5.41) is 4.13. The minimum Gasteiger partial charge on any atom is -0.298 e. The summed E-state index contributed by atoms with van der Waals surface area (Å²) in [4.78, 5) is 21.7. The fourth-order valence-corrected chi connectivity index (χ4v) is 2.23. The van der Waals surface area contributed by atoms with Gasteiger partial charge < -0.3 is 0 Å². The number of hydrogen-bond acceptors (Lipinski definition) is 2. The van der Waals surface area contributed by atoms with Gasteiger partial charge in [0.05, 0.1) is 0 Å². The number of fused-ring (bicyclic) bond motifs is 3. The molecule has 0 atom stereocenters. The Labute approximate surface area is 104 Å². The Morgan fingerprint density at radius 3 is 1.39 bits per heavy atom. The van der Waals surface area contributed by atoms with Crippen molar-refractivity contribution >= 4 is 34.1 Å². The Balaban J connectivity index is 2.48. The zero-order valence-electron chi connectivity index (χ0n) is 9.59. The number of hydrogen-bond donors (Lipinski definition) is 0. The van der Waals surface area contributed by atoms with Crippen LogP contribution in [-0.2, 0) is 0 Å². The highest BCUT2D eigenvalue weighted by molar-refractivity contribution is 6.09. The van der Waals surface area contributed by atoms with Gasteiger partial charge in [-0.05, 0) is 33.7 Å². The first-order valence-electron chi connectivity index (χ1n) is 5.69. The fraction of sp³-hybridized carbons (Fsp3) is 0. The van der Waals surface area contributed by atoms with Crippen molar-refractivity contribution in [3.8, 4) is 0 Å². The van der Waals surface area contributed by atoms with Crippen molar-refractivity contribution in [3.63, 3.8) is 0 Å². The second-order valence-corrected chi connectivity index (χ2v) is 4.26. The largest absolute Gasteiger partial charge is 0.298 e. The maximum Gasteiger partial charge on any atom is 0.150 e. The normalized spacial score (nSPS) is 10.7. The van der Waals surface area contributed by atoms with Crippen LogP contribution in [0.5, 0.6) is 0 Å². The molecule has 0 aromatic heterocycles. The Hall–Kier alpha value is -2.48. The van der Waals surface area contributed by atoms with Crippen molar-refractivity contribution in [2.75, 3.05) is 0 Å². The molecule has 0 saturated heterocycles. The standard InChI is InChI=1S/C16H10O2/c17-9-11-1-3-13-5-6-14-4-2-12(10-18)8-16(14)15(13)7-11/h1-10H. The van der Waals surface area contributed by atoms with Crippen molar-refractivity contribution in [1.29, 1.82) is 0 Å². The van der Waals surface area contributed by atoms with Gasteiger partial charge in [-0.15, -0.1) is 0 Å². The summed E-state index contributed by atoms with van der Waals surface area (Å²) < 4.78 is 0. The van der Waals surface area contributed by atoms with Crippen LogP contribution in [0.2, 0.25) is 0 Å². The number of benzene rings is 3. The van der Waals surface area contributed by atoms with Crippen LogP contribution in [0.25, 0.3) is 21.5 Å². The van der Waals surface area contributed by atoms with E-state index in [0.717, 1.165) is 34.1 Å². The van der Waals surface area contributed by atoms with Crippen LogP contribution >= 0.6 is 0 Å². The summed E-state index contributed by atoms with van der Waals surface area (Å²) in [6.45, 7) is 0. The van der Waals surface area contributed by atoms with Crippen molar-refractivity contribution in [2.24, 2.45) is 0 Å². The van der Waals surface area contributed by atoms with E-state index in [9.17, 15) is 9.59 Å². The van der Waals surface area contributed by atoms with Gasteiger partial charge in [0.1, 0.15) is 12.6 Å². The molecule has 0 N–H and O–H groups in total. The SMILES string of the molecule is O=Cc1ccc2ccc3ccc(C=O)cc3c2c1. The summed E-state index contributed by atoms with van der Waals surface area (Å²) in [6, 6.07) is 15.2. The molecule has 86 valence electrons. The Bertz CT molecular complexity index is 706. The molecule has 0 aliphatic rings. The third-order valence-electron chi connectivity index (χ3n) is 3.16. The average Bonchev–Trinajstić information content (AvgIpc) is 2.45. The van der Waals surface area contributed by atoms with E-state index in [1.165, 1.54) is 0 Å². The lowest BCUT2D eigenvalue weighted by atomic mass is 9.99. The molecule has 3 aromatic carbocycles. The van der Waals surface area contributed by atoms with Crippen LogP contribution in [0.3, 0.4) is 0 Å². The van der Waals surface area contributed by atoms with E-state index in [2.05, 4.69) is 0 Å². The zero-order chi connectivity index (χ0) is 12.5. The molecule has 0 saturated carbocycles. The monoisotopic (exact) mass is 234 g/mol. The second kappa shape index (κ2) is 4.08. The maximum absolute atomic E-state index is 10.9. The molecular formula is C16H10O2. The summed E-state index contributed by atoms with van der Waals surface area (Å²) >= 11 is 0. The highest BCUT2D eigenvalue weighted by Gasteiger charge is 2.03. The molecule has 0 aliphatic carbocycles. The van der Waals surface area contributed by atoms with E-state index in [4.69, 9.17) is 0 Å².